The number of aliphatic imine (C=N–C) groups is 1. The minimum absolute atomic E-state index is 0. The Morgan fingerprint density at radius 3 is 2.62 bits per heavy atom. The lowest BCUT2D eigenvalue weighted by Crippen LogP contribution is -2.37. The third-order valence-corrected chi connectivity index (χ3v) is 3.59. The fraction of sp³-hybridized carbons (Fsp3) is 0.533. The van der Waals surface area contributed by atoms with E-state index in [1.165, 1.54) is 24.8 Å². The average molecular weight is 470 g/mol. The summed E-state index contributed by atoms with van der Waals surface area (Å²) in [6.07, 6.45) is 3.65. The van der Waals surface area contributed by atoms with Crippen LogP contribution >= 0.6 is 39.9 Å². The number of hydrogen-bond donors (Lipinski definition) is 2. The van der Waals surface area contributed by atoms with Gasteiger partial charge in [0.05, 0.1) is 11.6 Å². The Kier molecular flexibility index (Phi) is 11.8. The molecule has 120 valence electrons. The lowest BCUT2D eigenvalue weighted by Gasteiger charge is -2.12. The minimum atomic E-state index is 0. The Hall–Kier alpha value is -0.500. The Balaban J connectivity index is 0.00000400. The molecule has 21 heavy (non-hydrogen) atoms. The summed E-state index contributed by atoms with van der Waals surface area (Å²) in [6, 6.07) is 6.05. The molecule has 0 aliphatic heterocycles. The van der Waals surface area contributed by atoms with E-state index in [1.807, 2.05) is 12.1 Å². The summed E-state index contributed by atoms with van der Waals surface area (Å²) in [5.41, 5.74) is 1.18. The van der Waals surface area contributed by atoms with Gasteiger partial charge in [-0.2, -0.15) is 0 Å². The third-order valence-electron chi connectivity index (χ3n) is 2.97. The molecule has 0 atom stereocenters. The first kappa shape index (κ1) is 20.5. The van der Waals surface area contributed by atoms with Crippen molar-refractivity contribution in [2.24, 2.45) is 4.99 Å². The maximum Gasteiger partial charge on any atom is 0.191 e. The minimum Gasteiger partial charge on any atom is -0.496 e. The summed E-state index contributed by atoms with van der Waals surface area (Å²) in [7, 11) is 3.46. The number of guanidine groups is 1. The molecular formula is C15H25BrIN3O. The van der Waals surface area contributed by atoms with Crippen LogP contribution < -0.4 is 15.4 Å². The first-order valence-corrected chi connectivity index (χ1v) is 7.77. The largest absolute Gasteiger partial charge is 0.496 e. The molecule has 0 saturated heterocycles. The second-order valence-corrected chi connectivity index (χ2v) is 5.38. The molecule has 0 bridgehead atoms. The van der Waals surface area contributed by atoms with Gasteiger partial charge in [0.15, 0.2) is 5.96 Å². The van der Waals surface area contributed by atoms with Crippen LogP contribution in [-0.2, 0) is 6.54 Å². The number of hydrogen-bond acceptors (Lipinski definition) is 2. The molecule has 0 aliphatic rings. The molecule has 0 heterocycles. The van der Waals surface area contributed by atoms with Crippen molar-refractivity contribution in [1.29, 1.82) is 0 Å². The number of nitrogens with one attached hydrogen (secondary N) is 2. The van der Waals surface area contributed by atoms with Gasteiger partial charge in [-0.25, -0.2) is 0 Å². The predicted molar refractivity (Wildman–Crippen MR) is 104 cm³/mol. The molecular weight excluding hydrogens is 445 g/mol. The summed E-state index contributed by atoms with van der Waals surface area (Å²) >= 11 is 3.49. The molecule has 0 unspecified atom stereocenters. The average Bonchev–Trinajstić information content (AvgIpc) is 2.46. The number of methoxy groups -OCH3 is 1. The van der Waals surface area contributed by atoms with Crippen molar-refractivity contribution < 1.29 is 4.74 Å². The van der Waals surface area contributed by atoms with E-state index >= 15 is 0 Å². The molecule has 1 aromatic carbocycles. The van der Waals surface area contributed by atoms with Gasteiger partial charge in [0, 0.05) is 20.1 Å². The maximum absolute atomic E-state index is 5.22. The van der Waals surface area contributed by atoms with Gasteiger partial charge in [-0.3, -0.25) is 4.99 Å². The first-order chi connectivity index (χ1) is 9.71. The standard InChI is InChI=1S/C15H24BrN3O.HI/c1-4-5-6-9-18-15(17-2)19-11-12-7-8-14(20-3)13(16)10-12;/h7-8,10H,4-6,9,11H2,1-3H3,(H2,17,18,19);1H. The Labute approximate surface area is 153 Å². The van der Waals surface area contributed by atoms with E-state index in [0.29, 0.717) is 0 Å². The SMILES string of the molecule is CCCCCNC(=NC)NCc1ccc(OC)c(Br)c1.I. The van der Waals surface area contributed by atoms with Crippen molar-refractivity contribution in [3.63, 3.8) is 0 Å². The summed E-state index contributed by atoms with van der Waals surface area (Å²) in [4.78, 5) is 4.21. The lowest BCUT2D eigenvalue weighted by molar-refractivity contribution is 0.412. The Bertz CT molecular complexity index is 441. The van der Waals surface area contributed by atoms with Crippen molar-refractivity contribution in [2.75, 3.05) is 20.7 Å². The highest BCUT2D eigenvalue weighted by Crippen LogP contribution is 2.25. The van der Waals surface area contributed by atoms with Crippen LogP contribution in [0.25, 0.3) is 0 Å². The van der Waals surface area contributed by atoms with Crippen molar-refractivity contribution in [1.82, 2.24) is 10.6 Å². The summed E-state index contributed by atoms with van der Waals surface area (Å²) in [5, 5.41) is 6.62. The molecule has 2 N–H and O–H groups in total. The Morgan fingerprint density at radius 2 is 2.05 bits per heavy atom. The summed E-state index contributed by atoms with van der Waals surface area (Å²) < 4.78 is 6.18. The first-order valence-electron chi connectivity index (χ1n) is 6.98. The maximum atomic E-state index is 5.22. The highest BCUT2D eigenvalue weighted by Gasteiger charge is 2.02. The molecule has 0 amide bonds. The molecule has 0 radical (unpaired) electrons. The monoisotopic (exact) mass is 469 g/mol. The van der Waals surface area contributed by atoms with Gasteiger partial charge in [-0.1, -0.05) is 25.8 Å². The van der Waals surface area contributed by atoms with Crippen molar-refractivity contribution in [3.8, 4) is 5.75 Å². The van der Waals surface area contributed by atoms with Gasteiger partial charge >= 0.3 is 0 Å². The number of nitrogens with zero attached hydrogens (tertiary/aromatic N) is 1. The molecule has 4 nitrogen and oxygen atoms in total. The van der Waals surface area contributed by atoms with E-state index in [-0.39, 0.29) is 24.0 Å². The molecule has 0 aromatic heterocycles. The van der Waals surface area contributed by atoms with Gasteiger partial charge in [-0.05, 0) is 40.0 Å². The normalized spacial score (nSPS) is 10.8. The smallest absolute Gasteiger partial charge is 0.191 e. The third kappa shape index (κ3) is 7.90. The van der Waals surface area contributed by atoms with E-state index < -0.39 is 0 Å². The lowest BCUT2D eigenvalue weighted by atomic mass is 10.2. The van der Waals surface area contributed by atoms with E-state index in [1.54, 1.807) is 14.2 Å². The fourth-order valence-electron chi connectivity index (χ4n) is 1.81. The summed E-state index contributed by atoms with van der Waals surface area (Å²) in [5.74, 6) is 1.68. The number of halogens is 2. The fourth-order valence-corrected chi connectivity index (χ4v) is 2.40. The van der Waals surface area contributed by atoms with Crippen LogP contribution in [0.15, 0.2) is 27.7 Å². The zero-order valence-electron chi connectivity index (χ0n) is 12.9. The second kappa shape index (κ2) is 12.1. The highest BCUT2D eigenvalue weighted by molar-refractivity contribution is 14.0. The van der Waals surface area contributed by atoms with Crippen LogP contribution in [0.2, 0.25) is 0 Å². The quantitative estimate of drug-likeness (QED) is 0.275. The number of unbranched alkanes of at least 4 members (excludes halogenated alkanes) is 2. The molecule has 1 rings (SSSR count). The molecule has 1 aromatic rings. The Morgan fingerprint density at radius 1 is 1.29 bits per heavy atom. The van der Waals surface area contributed by atoms with Crippen LogP contribution in [0.4, 0.5) is 0 Å². The van der Waals surface area contributed by atoms with E-state index in [4.69, 9.17) is 4.74 Å². The van der Waals surface area contributed by atoms with Crippen molar-refractivity contribution >= 4 is 45.9 Å². The van der Waals surface area contributed by atoms with Crippen molar-refractivity contribution in [3.05, 3.63) is 28.2 Å². The number of rotatable bonds is 7. The van der Waals surface area contributed by atoms with Crippen molar-refractivity contribution in [2.45, 2.75) is 32.7 Å². The second-order valence-electron chi connectivity index (χ2n) is 4.53. The van der Waals surface area contributed by atoms with Gasteiger partial charge in [0.1, 0.15) is 5.75 Å². The van der Waals surface area contributed by atoms with E-state index in [0.717, 1.165) is 29.3 Å². The van der Waals surface area contributed by atoms with Crippen LogP contribution in [0.1, 0.15) is 31.7 Å². The number of benzene rings is 1. The zero-order valence-corrected chi connectivity index (χ0v) is 16.8. The molecule has 6 heteroatoms. The van der Waals surface area contributed by atoms with Gasteiger partial charge in [0.25, 0.3) is 0 Å². The predicted octanol–water partition coefficient (Wildman–Crippen LogP) is 3.93. The topological polar surface area (TPSA) is 45.7 Å². The van der Waals surface area contributed by atoms with Gasteiger partial charge in [0.2, 0.25) is 0 Å². The molecule has 0 fully saturated rings. The van der Waals surface area contributed by atoms with Crippen LogP contribution in [0.3, 0.4) is 0 Å². The van der Waals surface area contributed by atoms with E-state index in [9.17, 15) is 0 Å². The molecule has 0 spiro atoms. The van der Waals surface area contributed by atoms with Crippen LogP contribution in [0, 0.1) is 0 Å². The number of ether oxygens (including phenoxy) is 1. The summed E-state index contributed by atoms with van der Waals surface area (Å²) in [6.45, 7) is 3.89. The van der Waals surface area contributed by atoms with Gasteiger partial charge < -0.3 is 15.4 Å². The van der Waals surface area contributed by atoms with E-state index in [2.05, 4.69) is 44.5 Å². The highest BCUT2D eigenvalue weighted by atomic mass is 127. The molecule has 0 aliphatic carbocycles. The van der Waals surface area contributed by atoms with Gasteiger partial charge in [-0.15, -0.1) is 24.0 Å². The van der Waals surface area contributed by atoms with Crippen LogP contribution in [-0.4, -0.2) is 26.7 Å². The van der Waals surface area contributed by atoms with Crippen LogP contribution in [0.5, 0.6) is 5.75 Å². The zero-order chi connectivity index (χ0) is 14.8. The molecule has 0 saturated carbocycles.